The van der Waals surface area contributed by atoms with Crippen molar-refractivity contribution in [3.05, 3.63) is 34.1 Å². The van der Waals surface area contributed by atoms with E-state index in [9.17, 15) is 13.2 Å². The molecule has 2 atom stereocenters. The molecular weight excluding hydrogens is 359 g/mol. The van der Waals surface area contributed by atoms with E-state index in [1.54, 1.807) is 0 Å². The fourth-order valence-electron chi connectivity index (χ4n) is 2.56. The lowest BCUT2D eigenvalue weighted by molar-refractivity contribution is -0.139. The van der Waals surface area contributed by atoms with Gasteiger partial charge in [-0.3, -0.25) is 5.32 Å². The minimum atomic E-state index is -3.24. The summed E-state index contributed by atoms with van der Waals surface area (Å²) in [7, 11) is 0. The van der Waals surface area contributed by atoms with Gasteiger partial charge >= 0.3 is 0 Å². The molecular formula is C16H21BrF3NO. The van der Waals surface area contributed by atoms with E-state index < -0.39 is 23.9 Å². The molecule has 6 heteroatoms. The molecule has 124 valence electrons. The van der Waals surface area contributed by atoms with Crippen LogP contribution in [0.1, 0.15) is 33.3 Å². The van der Waals surface area contributed by atoms with Crippen LogP contribution in [-0.4, -0.2) is 25.2 Å². The fourth-order valence-corrected chi connectivity index (χ4v) is 2.92. The molecule has 2 nitrogen and oxygen atoms in total. The molecule has 0 radical (unpaired) electrons. The van der Waals surface area contributed by atoms with E-state index in [-0.39, 0.29) is 23.6 Å². The Kier molecular flexibility index (Phi) is 4.68. The molecule has 0 aliphatic carbocycles. The Balaban J connectivity index is 2.45. The molecule has 0 bridgehead atoms. The number of halogens is 4. The summed E-state index contributed by atoms with van der Waals surface area (Å²) in [5.74, 6) is -3.90. The van der Waals surface area contributed by atoms with E-state index in [4.69, 9.17) is 4.74 Å². The predicted molar refractivity (Wildman–Crippen MR) is 83.6 cm³/mol. The van der Waals surface area contributed by atoms with Gasteiger partial charge in [0, 0.05) is 16.6 Å². The standard InChI is InChI=1S/C16H21BrF3NO/c1-14(2,3)13-8-21-15(4,16(19,20)9-22-13)11-7-10(17)5-6-12(11)18/h5-7,13,21H,8-9H2,1-4H3. The normalized spacial score (nSPS) is 29.2. The highest BCUT2D eigenvalue weighted by molar-refractivity contribution is 9.10. The van der Waals surface area contributed by atoms with Crippen LogP contribution in [0.4, 0.5) is 13.2 Å². The van der Waals surface area contributed by atoms with Crippen LogP contribution in [0.3, 0.4) is 0 Å². The quantitative estimate of drug-likeness (QED) is 0.776. The van der Waals surface area contributed by atoms with Crippen molar-refractivity contribution in [3.8, 4) is 0 Å². The Morgan fingerprint density at radius 1 is 1.32 bits per heavy atom. The smallest absolute Gasteiger partial charge is 0.292 e. The van der Waals surface area contributed by atoms with Gasteiger partial charge in [-0.1, -0.05) is 36.7 Å². The van der Waals surface area contributed by atoms with Gasteiger partial charge in [-0.15, -0.1) is 0 Å². The van der Waals surface area contributed by atoms with Crippen molar-refractivity contribution in [2.45, 2.75) is 45.3 Å². The second kappa shape index (κ2) is 5.80. The highest BCUT2D eigenvalue weighted by Crippen LogP contribution is 2.42. The van der Waals surface area contributed by atoms with Gasteiger partial charge in [-0.05, 0) is 30.5 Å². The van der Waals surface area contributed by atoms with Crippen LogP contribution in [0.2, 0.25) is 0 Å². The molecule has 1 heterocycles. The van der Waals surface area contributed by atoms with Crippen molar-refractivity contribution >= 4 is 15.9 Å². The molecule has 1 fully saturated rings. The van der Waals surface area contributed by atoms with E-state index in [1.165, 1.54) is 25.1 Å². The summed E-state index contributed by atoms with van der Waals surface area (Å²) in [6, 6.07) is 4.08. The van der Waals surface area contributed by atoms with Crippen LogP contribution in [-0.2, 0) is 10.3 Å². The number of ether oxygens (including phenoxy) is 1. The zero-order chi connectivity index (χ0) is 16.8. The first-order valence-corrected chi connectivity index (χ1v) is 7.97. The van der Waals surface area contributed by atoms with E-state index in [0.717, 1.165) is 0 Å². The van der Waals surface area contributed by atoms with Gasteiger partial charge in [0.1, 0.15) is 18.0 Å². The number of hydrogen-bond acceptors (Lipinski definition) is 2. The van der Waals surface area contributed by atoms with Crippen LogP contribution in [0.5, 0.6) is 0 Å². The van der Waals surface area contributed by atoms with Crippen LogP contribution in [0.15, 0.2) is 22.7 Å². The van der Waals surface area contributed by atoms with Crippen LogP contribution >= 0.6 is 15.9 Å². The van der Waals surface area contributed by atoms with Gasteiger partial charge in [0.05, 0.1) is 6.10 Å². The van der Waals surface area contributed by atoms with Crippen LogP contribution in [0, 0.1) is 11.2 Å². The molecule has 1 N–H and O–H groups in total. The van der Waals surface area contributed by atoms with Crippen LogP contribution in [0.25, 0.3) is 0 Å². The minimum absolute atomic E-state index is 0.0648. The minimum Gasteiger partial charge on any atom is -0.370 e. The van der Waals surface area contributed by atoms with Gasteiger partial charge < -0.3 is 4.74 Å². The highest BCUT2D eigenvalue weighted by Gasteiger charge is 2.55. The summed E-state index contributed by atoms with van der Waals surface area (Å²) in [6.07, 6.45) is -0.379. The second-order valence-electron chi connectivity index (χ2n) is 7.00. The van der Waals surface area contributed by atoms with Crippen molar-refractivity contribution < 1.29 is 17.9 Å². The molecule has 1 aliphatic rings. The lowest BCUT2D eigenvalue weighted by Crippen LogP contribution is -2.55. The maximum absolute atomic E-state index is 14.7. The SMILES string of the molecule is CC(C)(C)C1CNC(C)(c2cc(Br)ccc2F)C(F)(F)CO1. The highest BCUT2D eigenvalue weighted by atomic mass is 79.9. The largest absolute Gasteiger partial charge is 0.370 e. The zero-order valence-corrected chi connectivity index (χ0v) is 14.7. The molecule has 0 amide bonds. The molecule has 1 aromatic rings. The lowest BCUT2D eigenvalue weighted by atomic mass is 9.84. The molecule has 2 unspecified atom stereocenters. The maximum atomic E-state index is 14.7. The van der Waals surface area contributed by atoms with Gasteiger partial charge in [0.2, 0.25) is 0 Å². The Morgan fingerprint density at radius 2 is 1.95 bits per heavy atom. The first-order chi connectivity index (χ1) is 9.97. The van der Waals surface area contributed by atoms with Gasteiger partial charge in [-0.25, -0.2) is 13.2 Å². The van der Waals surface area contributed by atoms with Crippen molar-refractivity contribution in [1.29, 1.82) is 0 Å². The molecule has 0 spiro atoms. The topological polar surface area (TPSA) is 21.3 Å². The summed E-state index contributed by atoms with van der Waals surface area (Å²) >= 11 is 3.22. The number of benzene rings is 1. The lowest BCUT2D eigenvalue weighted by Gasteiger charge is -2.36. The summed E-state index contributed by atoms with van der Waals surface area (Å²) in [5.41, 5.74) is -2.18. The third kappa shape index (κ3) is 3.19. The maximum Gasteiger partial charge on any atom is 0.292 e. The van der Waals surface area contributed by atoms with E-state index in [2.05, 4.69) is 21.2 Å². The van der Waals surface area contributed by atoms with E-state index in [0.29, 0.717) is 4.47 Å². The summed E-state index contributed by atoms with van der Waals surface area (Å²) in [6.45, 7) is 6.59. The average molecular weight is 380 g/mol. The summed E-state index contributed by atoms with van der Waals surface area (Å²) < 4.78 is 49.6. The van der Waals surface area contributed by atoms with Crippen LogP contribution < -0.4 is 5.32 Å². The van der Waals surface area contributed by atoms with Crippen molar-refractivity contribution in [3.63, 3.8) is 0 Å². The Bertz CT molecular complexity index is 559. The second-order valence-corrected chi connectivity index (χ2v) is 7.92. The number of rotatable bonds is 1. The van der Waals surface area contributed by atoms with E-state index in [1.807, 2.05) is 20.8 Å². The van der Waals surface area contributed by atoms with E-state index >= 15 is 0 Å². The first-order valence-electron chi connectivity index (χ1n) is 7.17. The fraction of sp³-hybridized carbons (Fsp3) is 0.625. The van der Waals surface area contributed by atoms with Gasteiger partial charge in [0.25, 0.3) is 5.92 Å². The number of nitrogens with one attached hydrogen (secondary N) is 1. The molecule has 1 saturated heterocycles. The van der Waals surface area contributed by atoms with Gasteiger partial charge in [0.15, 0.2) is 0 Å². The molecule has 1 aliphatic heterocycles. The predicted octanol–water partition coefficient (Wildman–Crippen LogP) is 4.47. The summed E-state index contributed by atoms with van der Waals surface area (Å²) in [5, 5.41) is 2.85. The van der Waals surface area contributed by atoms with Crippen molar-refractivity contribution in [2.75, 3.05) is 13.2 Å². The summed E-state index contributed by atoms with van der Waals surface area (Å²) in [4.78, 5) is 0. The number of alkyl halides is 2. The van der Waals surface area contributed by atoms with Crippen molar-refractivity contribution in [2.24, 2.45) is 5.41 Å². The molecule has 1 aromatic carbocycles. The molecule has 2 rings (SSSR count). The molecule has 0 aromatic heterocycles. The average Bonchev–Trinajstić information content (AvgIpc) is 2.50. The monoisotopic (exact) mass is 379 g/mol. The molecule has 22 heavy (non-hydrogen) atoms. The number of hydrogen-bond donors (Lipinski definition) is 1. The third-order valence-corrected chi connectivity index (χ3v) is 4.76. The first kappa shape index (κ1) is 17.8. The third-order valence-electron chi connectivity index (χ3n) is 4.27. The van der Waals surface area contributed by atoms with Crippen molar-refractivity contribution in [1.82, 2.24) is 5.32 Å². The van der Waals surface area contributed by atoms with Gasteiger partial charge in [-0.2, -0.15) is 0 Å². The molecule has 0 saturated carbocycles. The Labute approximate surface area is 137 Å². The Hall–Kier alpha value is -0.590. The zero-order valence-electron chi connectivity index (χ0n) is 13.1. The Morgan fingerprint density at radius 3 is 2.55 bits per heavy atom.